The van der Waals surface area contributed by atoms with Crippen molar-refractivity contribution in [2.45, 2.75) is 33.1 Å². The molecule has 2 aromatic rings. The molecular formula is C22H26N2O3. The number of amides is 2. The van der Waals surface area contributed by atoms with Gasteiger partial charge in [-0.25, -0.2) is 0 Å². The van der Waals surface area contributed by atoms with E-state index in [1.165, 1.54) is 0 Å². The molecule has 1 heterocycles. The van der Waals surface area contributed by atoms with Crippen LogP contribution in [0.2, 0.25) is 0 Å². The highest BCUT2D eigenvalue weighted by atomic mass is 16.5. The van der Waals surface area contributed by atoms with E-state index in [4.69, 9.17) is 4.74 Å². The molecule has 0 bridgehead atoms. The fourth-order valence-corrected chi connectivity index (χ4v) is 3.05. The maximum absolute atomic E-state index is 12.4. The second kappa shape index (κ2) is 8.71. The van der Waals surface area contributed by atoms with Crippen molar-refractivity contribution in [2.24, 2.45) is 5.92 Å². The van der Waals surface area contributed by atoms with Crippen LogP contribution < -0.4 is 15.0 Å². The molecule has 0 aromatic heterocycles. The minimum absolute atomic E-state index is 0.0967. The summed E-state index contributed by atoms with van der Waals surface area (Å²) in [5.74, 6) is 1.16. The number of ether oxygens (including phenoxy) is 1. The van der Waals surface area contributed by atoms with Gasteiger partial charge in [0, 0.05) is 18.7 Å². The number of anilines is 2. The Balaban J connectivity index is 1.60. The molecule has 5 heteroatoms. The number of hydrogen-bond acceptors (Lipinski definition) is 3. The van der Waals surface area contributed by atoms with E-state index in [1.54, 1.807) is 4.90 Å². The SMILES string of the molecule is CC(C)COc1ccccc1NC(=O)Cc1ccc(N2CCCC2=O)cc1. The van der Waals surface area contributed by atoms with Gasteiger partial charge in [-0.15, -0.1) is 0 Å². The van der Waals surface area contributed by atoms with Gasteiger partial charge in [0.25, 0.3) is 0 Å². The summed E-state index contributed by atoms with van der Waals surface area (Å²) in [4.78, 5) is 26.0. The number of carbonyl (C=O) groups is 2. The average molecular weight is 366 g/mol. The predicted molar refractivity (Wildman–Crippen MR) is 107 cm³/mol. The Kier molecular flexibility index (Phi) is 6.12. The average Bonchev–Trinajstić information content (AvgIpc) is 3.07. The molecule has 0 unspecified atom stereocenters. The third-order valence-electron chi connectivity index (χ3n) is 4.42. The molecule has 27 heavy (non-hydrogen) atoms. The highest BCUT2D eigenvalue weighted by Gasteiger charge is 2.21. The first kappa shape index (κ1) is 19.0. The zero-order valence-electron chi connectivity index (χ0n) is 15.9. The summed E-state index contributed by atoms with van der Waals surface area (Å²) in [6.45, 7) is 5.54. The normalized spacial score (nSPS) is 13.9. The van der Waals surface area contributed by atoms with Gasteiger partial charge >= 0.3 is 0 Å². The minimum Gasteiger partial charge on any atom is -0.491 e. The molecular weight excluding hydrogens is 340 g/mol. The number of nitrogens with one attached hydrogen (secondary N) is 1. The Morgan fingerprint density at radius 1 is 1.15 bits per heavy atom. The zero-order valence-corrected chi connectivity index (χ0v) is 15.9. The van der Waals surface area contributed by atoms with Gasteiger partial charge in [-0.3, -0.25) is 9.59 Å². The van der Waals surface area contributed by atoms with Gasteiger partial charge in [0.1, 0.15) is 5.75 Å². The van der Waals surface area contributed by atoms with E-state index in [2.05, 4.69) is 19.2 Å². The fourth-order valence-electron chi connectivity index (χ4n) is 3.05. The second-order valence-electron chi connectivity index (χ2n) is 7.24. The summed E-state index contributed by atoms with van der Waals surface area (Å²) in [5, 5.41) is 2.93. The topological polar surface area (TPSA) is 58.6 Å². The largest absolute Gasteiger partial charge is 0.491 e. The molecule has 1 aliphatic rings. The summed E-state index contributed by atoms with van der Waals surface area (Å²) in [5.41, 5.74) is 2.49. The van der Waals surface area contributed by atoms with Crippen LogP contribution in [0.5, 0.6) is 5.75 Å². The second-order valence-corrected chi connectivity index (χ2v) is 7.24. The number of hydrogen-bond donors (Lipinski definition) is 1. The van der Waals surface area contributed by atoms with E-state index in [0.717, 1.165) is 24.2 Å². The molecule has 1 aliphatic heterocycles. The lowest BCUT2D eigenvalue weighted by atomic mass is 10.1. The molecule has 0 saturated carbocycles. The maximum Gasteiger partial charge on any atom is 0.228 e. The van der Waals surface area contributed by atoms with Crippen molar-refractivity contribution in [3.05, 3.63) is 54.1 Å². The Morgan fingerprint density at radius 2 is 1.89 bits per heavy atom. The summed E-state index contributed by atoms with van der Waals surface area (Å²) in [7, 11) is 0. The summed E-state index contributed by atoms with van der Waals surface area (Å²) >= 11 is 0. The van der Waals surface area contributed by atoms with Crippen LogP contribution in [0.3, 0.4) is 0 Å². The lowest BCUT2D eigenvalue weighted by molar-refractivity contribution is -0.117. The molecule has 1 N–H and O–H groups in total. The van der Waals surface area contributed by atoms with Crippen LogP contribution in [0.15, 0.2) is 48.5 Å². The van der Waals surface area contributed by atoms with Crippen LogP contribution >= 0.6 is 0 Å². The molecule has 2 aromatic carbocycles. The molecule has 1 saturated heterocycles. The van der Waals surface area contributed by atoms with Gasteiger partial charge in [-0.05, 0) is 42.2 Å². The highest BCUT2D eigenvalue weighted by molar-refractivity contribution is 5.96. The first-order valence-electron chi connectivity index (χ1n) is 9.44. The van der Waals surface area contributed by atoms with Crippen LogP contribution in [0.4, 0.5) is 11.4 Å². The summed E-state index contributed by atoms with van der Waals surface area (Å²) in [6, 6.07) is 15.1. The van der Waals surface area contributed by atoms with E-state index in [9.17, 15) is 9.59 Å². The number of benzene rings is 2. The van der Waals surface area contributed by atoms with Gasteiger partial charge < -0.3 is 15.0 Å². The molecule has 0 atom stereocenters. The Morgan fingerprint density at radius 3 is 2.56 bits per heavy atom. The van der Waals surface area contributed by atoms with Crippen LogP contribution in [0.1, 0.15) is 32.3 Å². The van der Waals surface area contributed by atoms with E-state index in [0.29, 0.717) is 30.4 Å². The maximum atomic E-state index is 12.4. The minimum atomic E-state index is -0.0967. The monoisotopic (exact) mass is 366 g/mol. The van der Waals surface area contributed by atoms with Gasteiger partial charge in [-0.2, -0.15) is 0 Å². The molecule has 0 radical (unpaired) electrons. The first-order chi connectivity index (χ1) is 13.0. The number of rotatable bonds is 7. The van der Waals surface area contributed by atoms with E-state index < -0.39 is 0 Å². The first-order valence-corrected chi connectivity index (χ1v) is 9.44. The summed E-state index contributed by atoms with van der Waals surface area (Å²) < 4.78 is 5.78. The van der Waals surface area contributed by atoms with Crippen molar-refractivity contribution in [2.75, 3.05) is 23.4 Å². The number of para-hydroxylation sites is 2. The van der Waals surface area contributed by atoms with Crippen molar-refractivity contribution >= 4 is 23.2 Å². The fraction of sp³-hybridized carbons (Fsp3) is 0.364. The van der Waals surface area contributed by atoms with Crippen molar-refractivity contribution in [3.63, 3.8) is 0 Å². The van der Waals surface area contributed by atoms with E-state index in [-0.39, 0.29) is 18.2 Å². The smallest absolute Gasteiger partial charge is 0.228 e. The molecule has 5 nitrogen and oxygen atoms in total. The van der Waals surface area contributed by atoms with Crippen molar-refractivity contribution in [3.8, 4) is 5.75 Å². The Hall–Kier alpha value is -2.82. The van der Waals surface area contributed by atoms with Crippen LogP contribution in [0, 0.1) is 5.92 Å². The van der Waals surface area contributed by atoms with Gasteiger partial charge in [0.15, 0.2) is 0 Å². The third kappa shape index (κ3) is 5.09. The van der Waals surface area contributed by atoms with Gasteiger partial charge in [0.2, 0.25) is 11.8 Å². The summed E-state index contributed by atoms with van der Waals surface area (Å²) in [6.07, 6.45) is 1.79. The molecule has 2 amide bonds. The van der Waals surface area contributed by atoms with Crippen LogP contribution in [-0.2, 0) is 16.0 Å². The zero-order chi connectivity index (χ0) is 19.2. The number of carbonyl (C=O) groups excluding carboxylic acids is 2. The lowest BCUT2D eigenvalue weighted by Crippen LogP contribution is -2.23. The van der Waals surface area contributed by atoms with E-state index in [1.807, 2.05) is 48.5 Å². The number of nitrogens with zero attached hydrogens (tertiary/aromatic N) is 1. The van der Waals surface area contributed by atoms with Gasteiger partial charge in [0.05, 0.1) is 18.7 Å². The standard InChI is InChI=1S/C22H26N2O3/c1-16(2)15-27-20-7-4-3-6-19(20)23-21(25)14-17-9-11-18(12-10-17)24-13-5-8-22(24)26/h3-4,6-7,9-12,16H,5,8,13-15H2,1-2H3,(H,23,25). The van der Waals surface area contributed by atoms with E-state index >= 15 is 0 Å². The third-order valence-corrected chi connectivity index (χ3v) is 4.42. The Bertz CT molecular complexity index is 799. The Labute approximate surface area is 160 Å². The van der Waals surface area contributed by atoms with Crippen molar-refractivity contribution in [1.29, 1.82) is 0 Å². The van der Waals surface area contributed by atoms with Crippen molar-refractivity contribution < 1.29 is 14.3 Å². The van der Waals surface area contributed by atoms with Gasteiger partial charge in [-0.1, -0.05) is 38.1 Å². The van der Waals surface area contributed by atoms with Crippen LogP contribution in [0.25, 0.3) is 0 Å². The molecule has 0 aliphatic carbocycles. The molecule has 3 rings (SSSR count). The molecule has 0 spiro atoms. The lowest BCUT2D eigenvalue weighted by Gasteiger charge is -2.16. The highest BCUT2D eigenvalue weighted by Crippen LogP contribution is 2.25. The predicted octanol–water partition coefficient (Wildman–Crippen LogP) is 4.03. The molecule has 1 fully saturated rings. The van der Waals surface area contributed by atoms with Crippen molar-refractivity contribution in [1.82, 2.24) is 0 Å². The quantitative estimate of drug-likeness (QED) is 0.805. The van der Waals surface area contributed by atoms with Crippen LogP contribution in [-0.4, -0.2) is 25.0 Å². The molecule has 142 valence electrons.